The number of carbonyl (C=O) groups excluding carboxylic acids is 1. The number of hydrogen-bond acceptors (Lipinski definition) is 4. The Hall–Kier alpha value is -3.16. The molecule has 0 saturated carbocycles. The molecule has 0 aliphatic heterocycles. The van der Waals surface area contributed by atoms with Gasteiger partial charge in [0.2, 0.25) is 0 Å². The molecule has 1 atom stereocenters. The van der Waals surface area contributed by atoms with Crippen LogP contribution in [0.5, 0.6) is 0 Å². The van der Waals surface area contributed by atoms with Gasteiger partial charge in [-0.3, -0.25) is 9.59 Å². The number of allylic oxidation sites excluding steroid dienone is 3. The number of fused-ring (bicyclic) bond motifs is 3. The Labute approximate surface area is 236 Å². The molecule has 2 aromatic carbocycles. The topological polar surface area (TPSA) is 61.2 Å². The molecular formula is C33H39FN2O3Si. The summed E-state index contributed by atoms with van der Waals surface area (Å²) in [5.74, 6) is -0.453. The Morgan fingerprint density at radius 2 is 1.75 bits per heavy atom. The fraction of sp³-hybridized carbons (Fsp3) is 0.424. The highest BCUT2D eigenvalue weighted by Gasteiger charge is 2.40. The number of nitrogens with zero attached hydrogens (tertiary/aromatic N) is 2. The van der Waals surface area contributed by atoms with Gasteiger partial charge < -0.3 is 4.43 Å². The van der Waals surface area contributed by atoms with Crippen LogP contribution in [0.15, 0.2) is 59.0 Å². The minimum absolute atomic E-state index is 0.0153. The first kappa shape index (κ1) is 28.4. The molecule has 7 heteroatoms. The van der Waals surface area contributed by atoms with Crippen molar-refractivity contribution < 1.29 is 13.6 Å². The smallest absolute Gasteiger partial charge is 0.282 e. The van der Waals surface area contributed by atoms with Gasteiger partial charge in [-0.05, 0) is 76.5 Å². The van der Waals surface area contributed by atoms with Crippen LogP contribution in [0.1, 0.15) is 71.1 Å². The van der Waals surface area contributed by atoms with Gasteiger partial charge in [0.1, 0.15) is 5.82 Å². The molecule has 2 aliphatic carbocycles. The molecule has 0 bridgehead atoms. The zero-order valence-corrected chi connectivity index (χ0v) is 25.8. The van der Waals surface area contributed by atoms with Crippen molar-refractivity contribution in [3.05, 3.63) is 87.1 Å². The standard InChI is InChI=1S/C33H39FN2O3Si/c1-32(2,3)22-14-21-19-35-36(31(38)30(21)28(34)17-22)29-11-9-10-26-25-13-12-23(37)15-20(25)16-24(18-27(26)29)39-40(7,8)33(4,5)6/h9-14,17,19,24H,15-16,18H2,1-8H3. The molecule has 3 aromatic rings. The van der Waals surface area contributed by atoms with Crippen molar-refractivity contribution in [1.82, 2.24) is 9.78 Å². The lowest BCUT2D eigenvalue weighted by molar-refractivity contribution is -0.114. The van der Waals surface area contributed by atoms with Crippen molar-refractivity contribution in [3.8, 4) is 5.69 Å². The second-order valence-corrected chi connectivity index (χ2v) is 18.5. The van der Waals surface area contributed by atoms with Crippen molar-refractivity contribution in [1.29, 1.82) is 0 Å². The van der Waals surface area contributed by atoms with Crippen LogP contribution in [0.3, 0.4) is 0 Å². The molecule has 1 heterocycles. The molecule has 2 aliphatic rings. The molecule has 1 aromatic heterocycles. The number of hydrogen-bond donors (Lipinski definition) is 0. The van der Waals surface area contributed by atoms with E-state index < -0.39 is 19.7 Å². The Morgan fingerprint density at radius 1 is 1.02 bits per heavy atom. The van der Waals surface area contributed by atoms with Gasteiger partial charge in [0.15, 0.2) is 14.1 Å². The lowest BCUT2D eigenvalue weighted by atomic mass is 9.86. The van der Waals surface area contributed by atoms with Gasteiger partial charge in [0.25, 0.3) is 5.56 Å². The molecule has 0 fully saturated rings. The summed E-state index contributed by atoms with van der Waals surface area (Å²) in [6, 6.07) is 9.12. The quantitative estimate of drug-likeness (QED) is 0.314. The number of carbonyl (C=O) groups is 1. The molecule has 0 N–H and O–H groups in total. The maximum absolute atomic E-state index is 15.5. The van der Waals surface area contributed by atoms with Crippen LogP contribution in [-0.4, -0.2) is 30.0 Å². The van der Waals surface area contributed by atoms with E-state index in [0.29, 0.717) is 30.3 Å². The molecule has 5 nitrogen and oxygen atoms in total. The average Bonchev–Trinajstić information content (AvgIpc) is 2.98. The fourth-order valence-electron chi connectivity index (χ4n) is 5.45. The van der Waals surface area contributed by atoms with E-state index >= 15 is 4.39 Å². The third-order valence-corrected chi connectivity index (χ3v) is 13.3. The highest BCUT2D eigenvalue weighted by atomic mass is 28.4. The first-order valence-corrected chi connectivity index (χ1v) is 16.9. The number of halogens is 1. The number of ketones is 1. The monoisotopic (exact) mass is 558 g/mol. The van der Waals surface area contributed by atoms with Crippen LogP contribution in [0.2, 0.25) is 18.1 Å². The summed E-state index contributed by atoms with van der Waals surface area (Å²) in [5.41, 5.74) is 4.64. The predicted molar refractivity (Wildman–Crippen MR) is 162 cm³/mol. The van der Waals surface area contributed by atoms with Gasteiger partial charge in [-0.1, -0.05) is 65.3 Å². The third kappa shape index (κ3) is 5.05. The first-order chi connectivity index (χ1) is 18.6. The van der Waals surface area contributed by atoms with Crippen molar-refractivity contribution in [2.45, 2.75) is 90.5 Å². The molecule has 0 spiro atoms. The van der Waals surface area contributed by atoms with Gasteiger partial charge in [-0.2, -0.15) is 9.78 Å². The SMILES string of the molecule is CC(C)(C)c1cc(F)c2c(=O)n(-c3cccc4c3CC(O[Si](C)(C)C(C)(C)C)CC3=C4C=CC(=O)C3)ncc2c1. The molecule has 0 saturated heterocycles. The maximum Gasteiger partial charge on any atom is 0.282 e. The summed E-state index contributed by atoms with van der Waals surface area (Å²) < 4.78 is 23.7. The predicted octanol–water partition coefficient (Wildman–Crippen LogP) is 7.44. The van der Waals surface area contributed by atoms with Gasteiger partial charge in [-0.15, -0.1) is 0 Å². The maximum atomic E-state index is 15.5. The van der Waals surface area contributed by atoms with Crippen molar-refractivity contribution in [2.24, 2.45) is 0 Å². The molecular weight excluding hydrogens is 519 g/mol. The van der Waals surface area contributed by atoms with Crippen molar-refractivity contribution in [3.63, 3.8) is 0 Å². The number of aromatic nitrogens is 2. The molecule has 0 amide bonds. The minimum atomic E-state index is -2.14. The Kier molecular flexibility index (Phi) is 6.90. The van der Waals surface area contributed by atoms with E-state index in [1.165, 1.54) is 10.7 Å². The molecule has 210 valence electrons. The fourth-order valence-corrected chi connectivity index (χ4v) is 6.80. The first-order valence-electron chi connectivity index (χ1n) is 14.0. The van der Waals surface area contributed by atoms with Crippen LogP contribution >= 0.6 is 0 Å². The molecule has 1 unspecified atom stereocenters. The van der Waals surface area contributed by atoms with E-state index in [9.17, 15) is 9.59 Å². The number of rotatable bonds is 3. The summed E-state index contributed by atoms with van der Waals surface area (Å²) in [6.45, 7) is 17.1. The van der Waals surface area contributed by atoms with E-state index in [0.717, 1.165) is 27.8 Å². The lowest BCUT2D eigenvalue weighted by Crippen LogP contribution is -2.44. The molecule has 40 heavy (non-hydrogen) atoms. The zero-order chi connectivity index (χ0) is 29.2. The van der Waals surface area contributed by atoms with E-state index in [4.69, 9.17) is 4.43 Å². The van der Waals surface area contributed by atoms with E-state index in [1.807, 2.05) is 51.1 Å². The second kappa shape index (κ2) is 9.74. The van der Waals surface area contributed by atoms with Crippen LogP contribution in [-0.2, 0) is 21.1 Å². The molecule has 5 rings (SSSR count). The Morgan fingerprint density at radius 3 is 2.42 bits per heavy atom. The summed E-state index contributed by atoms with van der Waals surface area (Å²) in [7, 11) is -2.14. The van der Waals surface area contributed by atoms with E-state index in [2.05, 4.69) is 39.0 Å². The Bertz CT molecular complexity index is 1650. The van der Waals surface area contributed by atoms with Crippen LogP contribution < -0.4 is 5.56 Å². The van der Waals surface area contributed by atoms with Crippen molar-refractivity contribution >= 4 is 30.4 Å². The second-order valence-electron chi connectivity index (χ2n) is 13.7. The Balaban J connectivity index is 1.70. The van der Waals surface area contributed by atoms with Gasteiger partial charge in [-0.25, -0.2) is 4.39 Å². The summed E-state index contributed by atoms with van der Waals surface area (Å²) in [4.78, 5) is 26.2. The zero-order valence-electron chi connectivity index (χ0n) is 24.8. The van der Waals surface area contributed by atoms with Gasteiger partial charge in [0, 0.05) is 18.2 Å². The normalized spacial score (nSPS) is 18.1. The minimum Gasteiger partial charge on any atom is -0.413 e. The summed E-state index contributed by atoms with van der Waals surface area (Å²) >= 11 is 0. The average molecular weight is 559 g/mol. The van der Waals surface area contributed by atoms with Gasteiger partial charge in [0.05, 0.1) is 23.4 Å². The number of benzene rings is 2. The highest BCUT2D eigenvalue weighted by molar-refractivity contribution is 6.74. The summed E-state index contributed by atoms with van der Waals surface area (Å²) in [5, 5.41) is 5.09. The summed E-state index contributed by atoms with van der Waals surface area (Å²) in [6.07, 6.45) is 6.52. The largest absolute Gasteiger partial charge is 0.413 e. The lowest BCUT2D eigenvalue weighted by Gasteiger charge is -2.39. The highest BCUT2D eigenvalue weighted by Crippen LogP contribution is 2.42. The van der Waals surface area contributed by atoms with Crippen LogP contribution in [0, 0.1) is 5.82 Å². The van der Waals surface area contributed by atoms with Gasteiger partial charge >= 0.3 is 0 Å². The van der Waals surface area contributed by atoms with E-state index in [-0.39, 0.29) is 27.7 Å². The third-order valence-electron chi connectivity index (χ3n) is 8.75. The van der Waals surface area contributed by atoms with E-state index in [1.54, 1.807) is 12.3 Å². The van der Waals surface area contributed by atoms with Crippen LogP contribution in [0.25, 0.3) is 22.0 Å². The van der Waals surface area contributed by atoms with Crippen LogP contribution in [0.4, 0.5) is 4.39 Å². The molecule has 0 radical (unpaired) electrons. The van der Waals surface area contributed by atoms with Crippen molar-refractivity contribution in [2.75, 3.05) is 0 Å².